The summed E-state index contributed by atoms with van der Waals surface area (Å²) in [6, 6.07) is 2.72. The second kappa shape index (κ2) is 4.42. The quantitative estimate of drug-likeness (QED) is 0.864. The van der Waals surface area contributed by atoms with E-state index < -0.39 is 0 Å². The summed E-state index contributed by atoms with van der Waals surface area (Å²) < 4.78 is 6.44. The first-order valence-electron chi connectivity index (χ1n) is 5.11. The van der Waals surface area contributed by atoms with Crippen LogP contribution in [0.25, 0.3) is 11.5 Å². The van der Waals surface area contributed by atoms with Crippen LogP contribution in [0, 0.1) is 2.88 Å². The summed E-state index contributed by atoms with van der Waals surface area (Å²) in [4.78, 5) is 4.36. The van der Waals surface area contributed by atoms with Crippen LogP contribution in [0.1, 0.15) is 18.7 Å². The second-order valence-corrected chi connectivity index (χ2v) is 6.62. The highest BCUT2D eigenvalue weighted by Crippen LogP contribution is 2.25. The van der Waals surface area contributed by atoms with E-state index in [-0.39, 0.29) is 0 Å². The van der Waals surface area contributed by atoms with Crippen LogP contribution in [-0.2, 0) is 6.54 Å². The Kier molecular flexibility index (Phi) is 2.95. The third-order valence-electron chi connectivity index (χ3n) is 2.41. The lowest BCUT2D eigenvalue weighted by Crippen LogP contribution is -2.16. The van der Waals surface area contributed by atoms with Gasteiger partial charge >= 0.3 is 0 Å². The number of nitrogens with zero attached hydrogens (tertiary/aromatic N) is 2. The van der Waals surface area contributed by atoms with Gasteiger partial charge in [-0.2, -0.15) is 4.98 Å². The monoisotopic (exact) mass is 347 g/mol. The van der Waals surface area contributed by atoms with Crippen molar-refractivity contribution in [2.24, 2.45) is 0 Å². The SMILES string of the molecule is Ic1cc(-c2nc(CNC3CC3)no2)cs1. The second-order valence-electron chi connectivity index (χ2n) is 3.81. The molecule has 0 unspecified atom stereocenters. The Bertz CT molecular complexity index is 492. The minimum Gasteiger partial charge on any atom is -0.334 e. The normalized spacial score (nSPS) is 15.6. The first kappa shape index (κ1) is 10.7. The number of halogens is 1. The van der Waals surface area contributed by atoms with Crippen LogP contribution in [0.3, 0.4) is 0 Å². The van der Waals surface area contributed by atoms with Crippen molar-refractivity contribution in [3.8, 4) is 11.5 Å². The molecule has 0 saturated heterocycles. The summed E-state index contributed by atoms with van der Waals surface area (Å²) in [7, 11) is 0. The molecule has 2 aromatic heterocycles. The van der Waals surface area contributed by atoms with Gasteiger partial charge in [0.05, 0.1) is 15.0 Å². The van der Waals surface area contributed by atoms with E-state index in [0.29, 0.717) is 18.5 Å². The maximum absolute atomic E-state index is 5.22. The molecule has 0 aliphatic heterocycles. The van der Waals surface area contributed by atoms with Gasteiger partial charge in [-0.05, 0) is 41.5 Å². The van der Waals surface area contributed by atoms with Crippen molar-refractivity contribution in [3.63, 3.8) is 0 Å². The summed E-state index contributed by atoms with van der Waals surface area (Å²) in [5.74, 6) is 1.36. The summed E-state index contributed by atoms with van der Waals surface area (Å²) in [5, 5.41) is 9.35. The van der Waals surface area contributed by atoms with Crippen molar-refractivity contribution >= 4 is 33.9 Å². The Balaban J connectivity index is 1.71. The summed E-state index contributed by atoms with van der Waals surface area (Å²) in [6.07, 6.45) is 2.54. The summed E-state index contributed by atoms with van der Waals surface area (Å²) in [6.45, 7) is 0.704. The van der Waals surface area contributed by atoms with E-state index in [1.54, 1.807) is 11.3 Å². The van der Waals surface area contributed by atoms with Crippen LogP contribution in [0.15, 0.2) is 16.0 Å². The van der Waals surface area contributed by atoms with Gasteiger partial charge < -0.3 is 9.84 Å². The Labute approximate surface area is 111 Å². The smallest absolute Gasteiger partial charge is 0.258 e. The molecule has 1 aliphatic rings. The summed E-state index contributed by atoms with van der Waals surface area (Å²) >= 11 is 3.96. The largest absolute Gasteiger partial charge is 0.334 e. The maximum atomic E-state index is 5.22. The molecule has 0 spiro atoms. The third-order valence-corrected chi connectivity index (χ3v) is 4.20. The van der Waals surface area contributed by atoms with Gasteiger partial charge in [0.15, 0.2) is 5.82 Å². The molecule has 1 fully saturated rings. The molecule has 0 amide bonds. The molecule has 0 aromatic carbocycles. The highest BCUT2D eigenvalue weighted by atomic mass is 127. The fourth-order valence-electron chi connectivity index (χ4n) is 1.39. The lowest BCUT2D eigenvalue weighted by molar-refractivity contribution is 0.419. The molecule has 2 heterocycles. The summed E-state index contributed by atoms with van der Waals surface area (Å²) in [5.41, 5.74) is 1.01. The van der Waals surface area contributed by atoms with Crippen LogP contribution < -0.4 is 5.32 Å². The third kappa shape index (κ3) is 2.44. The standard InChI is InChI=1S/C10H10IN3OS/c11-8-3-6(5-16-8)10-13-9(14-15-10)4-12-7-1-2-7/h3,5,7,12H,1-2,4H2. The Hall–Kier alpha value is -0.470. The lowest BCUT2D eigenvalue weighted by atomic mass is 10.3. The Morgan fingerprint density at radius 1 is 1.56 bits per heavy atom. The lowest BCUT2D eigenvalue weighted by Gasteiger charge is -1.94. The number of rotatable bonds is 4. The van der Waals surface area contributed by atoms with E-state index in [4.69, 9.17) is 4.52 Å². The average Bonchev–Trinajstić information content (AvgIpc) is 2.81. The van der Waals surface area contributed by atoms with Gasteiger partial charge in [0, 0.05) is 11.4 Å². The van der Waals surface area contributed by atoms with Gasteiger partial charge in [-0.1, -0.05) is 5.16 Å². The van der Waals surface area contributed by atoms with Crippen LogP contribution in [-0.4, -0.2) is 16.2 Å². The number of thiophene rings is 1. The maximum Gasteiger partial charge on any atom is 0.258 e. The Morgan fingerprint density at radius 2 is 2.44 bits per heavy atom. The van der Waals surface area contributed by atoms with Crippen LogP contribution in [0.5, 0.6) is 0 Å². The highest BCUT2D eigenvalue weighted by molar-refractivity contribution is 14.1. The van der Waals surface area contributed by atoms with E-state index in [1.807, 2.05) is 5.38 Å². The van der Waals surface area contributed by atoms with Crippen LogP contribution in [0.2, 0.25) is 0 Å². The van der Waals surface area contributed by atoms with Crippen LogP contribution >= 0.6 is 33.9 Å². The number of aromatic nitrogens is 2. The molecular weight excluding hydrogens is 337 g/mol. The molecule has 1 aliphatic carbocycles. The van der Waals surface area contributed by atoms with Gasteiger partial charge in [0.25, 0.3) is 5.89 Å². The highest BCUT2D eigenvalue weighted by Gasteiger charge is 2.21. The zero-order chi connectivity index (χ0) is 11.0. The number of nitrogens with one attached hydrogen (secondary N) is 1. The van der Waals surface area contributed by atoms with Gasteiger partial charge in [0.1, 0.15) is 0 Å². The molecule has 0 atom stereocenters. The average molecular weight is 347 g/mol. The van der Waals surface area contributed by atoms with Gasteiger partial charge in [0.2, 0.25) is 0 Å². The van der Waals surface area contributed by atoms with E-state index in [2.05, 4.69) is 44.1 Å². The molecule has 3 rings (SSSR count). The number of hydrogen-bond acceptors (Lipinski definition) is 5. The molecule has 6 heteroatoms. The molecule has 0 radical (unpaired) electrons. The first-order chi connectivity index (χ1) is 7.81. The minimum absolute atomic E-state index is 0.617. The minimum atomic E-state index is 0.617. The molecule has 16 heavy (non-hydrogen) atoms. The van der Waals surface area contributed by atoms with Gasteiger partial charge in [-0.25, -0.2) is 0 Å². The van der Waals surface area contributed by atoms with Crippen molar-refractivity contribution in [1.82, 2.24) is 15.5 Å². The van der Waals surface area contributed by atoms with Crippen molar-refractivity contribution in [2.75, 3.05) is 0 Å². The number of hydrogen-bond donors (Lipinski definition) is 1. The van der Waals surface area contributed by atoms with Crippen molar-refractivity contribution in [3.05, 3.63) is 20.2 Å². The van der Waals surface area contributed by atoms with Crippen molar-refractivity contribution < 1.29 is 4.52 Å². The Morgan fingerprint density at radius 3 is 3.12 bits per heavy atom. The predicted molar refractivity (Wildman–Crippen MR) is 70.2 cm³/mol. The molecule has 2 aromatic rings. The van der Waals surface area contributed by atoms with E-state index in [0.717, 1.165) is 11.4 Å². The first-order valence-corrected chi connectivity index (χ1v) is 7.07. The molecule has 4 nitrogen and oxygen atoms in total. The molecule has 0 bridgehead atoms. The zero-order valence-corrected chi connectivity index (χ0v) is 11.4. The van der Waals surface area contributed by atoms with Crippen molar-refractivity contribution in [1.29, 1.82) is 0 Å². The van der Waals surface area contributed by atoms with E-state index in [9.17, 15) is 0 Å². The molecule has 1 N–H and O–H groups in total. The predicted octanol–water partition coefficient (Wildman–Crippen LogP) is 2.65. The van der Waals surface area contributed by atoms with Crippen molar-refractivity contribution in [2.45, 2.75) is 25.4 Å². The van der Waals surface area contributed by atoms with Gasteiger partial charge in [-0.3, -0.25) is 0 Å². The molecular formula is C10H10IN3OS. The fourth-order valence-corrected chi connectivity index (χ4v) is 2.71. The molecule has 1 saturated carbocycles. The molecule has 84 valence electrons. The van der Waals surface area contributed by atoms with E-state index in [1.165, 1.54) is 15.7 Å². The fraction of sp³-hybridized carbons (Fsp3) is 0.400. The zero-order valence-electron chi connectivity index (χ0n) is 8.44. The van der Waals surface area contributed by atoms with Gasteiger partial charge in [-0.15, -0.1) is 11.3 Å². The van der Waals surface area contributed by atoms with E-state index >= 15 is 0 Å². The van der Waals surface area contributed by atoms with Crippen LogP contribution in [0.4, 0.5) is 0 Å². The topological polar surface area (TPSA) is 51.0 Å².